The van der Waals surface area contributed by atoms with Crippen LogP contribution >= 0.6 is 0 Å². The molecule has 0 aromatic heterocycles. The number of hydrogen-bond donors (Lipinski definition) is 1. The van der Waals surface area contributed by atoms with E-state index in [1.807, 2.05) is 18.2 Å². The number of hydrogen-bond acceptors (Lipinski definition) is 4. The zero-order chi connectivity index (χ0) is 15.9. The summed E-state index contributed by atoms with van der Waals surface area (Å²) in [5.41, 5.74) is 2.27. The van der Waals surface area contributed by atoms with Gasteiger partial charge >= 0.3 is 5.97 Å². The van der Waals surface area contributed by atoms with Crippen molar-refractivity contribution in [2.24, 2.45) is 0 Å². The lowest BCUT2D eigenvalue weighted by molar-refractivity contribution is -0.132. The lowest BCUT2D eigenvalue weighted by Crippen LogP contribution is -2.42. The first kappa shape index (κ1) is 14.3. The highest BCUT2D eigenvalue weighted by atomic mass is 16.6. The topological polar surface area (TPSA) is 47.6 Å². The Morgan fingerprint density at radius 3 is 2.61 bits per heavy atom. The van der Waals surface area contributed by atoms with Gasteiger partial charge in [-0.05, 0) is 38.1 Å². The van der Waals surface area contributed by atoms with E-state index in [9.17, 15) is 4.79 Å². The van der Waals surface area contributed by atoms with Crippen molar-refractivity contribution in [3.05, 3.63) is 53.6 Å². The molecule has 0 aliphatic carbocycles. The van der Waals surface area contributed by atoms with E-state index in [4.69, 9.17) is 9.47 Å². The Morgan fingerprint density at radius 1 is 1.09 bits per heavy atom. The second kappa shape index (κ2) is 5.39. The molecule has 4 heteroatoms. The molecule has 1 N–H and O–H groups in total. The number of benzene rings is 2. The van der Waals surface area contributed by atoms with Crippen molar-refractivity contribution in [1.82, 2.24) is 5.32 Å². The molecule has 1 spiro atoms. The van der Waals surface area contributed by atoms with E-state index >= 15 is 0 Å². The van der Waals surface area contributed by atoms with Crippen LogP contribution < -0.4 is 14.8 Å². The molecule has 0 bridgehead atoms. The summed E-state index contributed by atoms with van der Waals surface area (Å²) in [5, 5.41) is 3.44. The minimum atomic E-state index is -0.333. The quantitative estimate of drug-likeness (QED) is 0.648. The van der Waals surface area contributed by atoms with Crippen molar-refractivity contribution in [1.29, 1.82) is 0 Å². The maximum Gasteiger partial charge on any atom is 0.308 e. The van der Waals surface area contributed by atoms with Gasteiger partial charge in [-0.1, -0.05) is 30.3 Å². The third-order valence-electron chi connectivity index (χ3n) is 4.82. The summed E-state index contributed by atoms with van der Waals surface area (Å²) < 4.78 is 11.5. The fraction of sp³-hybridized carbons (Fsp3) is 0.316. The average Bonchev–Trinajstić information content (AvgIpc) is 2.57. The first-order chi connectivity index (χ1) is 11.2. The molecule has 0 amide bonds. The zero-order valence-electron chi connectivity index (χ0n) is 13.1. The standard InChI is InChI=1S/C19H19NO3/c1-13(21)22-17-8-4-6-15-18(17)23-16-7-3-2-5-14(16)19(15)9-11-20-12-10-19/h2-8,20H,9-12H2,1H3. The minimum absolute atomic E-state index is 0.0778. The number of esters is 1. The lowest BCUT2D eigenvalue weighted by atomic mass is 9.66. The molecule has 23 heavy (non-hydrogen) atoms. The Hall–Kier alpha value is -2.33. The van der Waals surface area contributed by atoms with Crippen molar-refractivity contribution >= 4 is 5.97 Å². The van der Waals surface area contributed by atoms with E-state index in [1.54, 1.807) is 6.07 Å². The Kier molecular flexibility index (Phi) is 3.34. The van der Waals surface area contributed by atoms with Crippen LogP contribution in [0.2, 0.25) is 0 Å². The van der Waals surface area contributed by atoms with Crippen LogP contribution in [0.25, 0.3) is 0 Å². The number of nitrogens with one attached hydrogen (secondary N) is 1. The van der Waals surface area contributed by atoms with Crippen LogP contribution in [0.15, 0.2) is 42.5 Å². The van der Waals surface area contributed by atoms with E-state index < -0.39 is 0 Å². The van der Waals surface area contributed by atoms with Crippen molar-refractivity contribution in [3.63, 3.8) is 0 Å². The lowest BCUT2D eigenvalue weighted by Gasteiger charge is -2.43. The van der Waals surface area contributed by atoms with E-state index in [0.717, 1.165) is 37.2 Å². The second-order valence-electron chi connectivity index (χ2n) is 6.16. The minimum Gasteiger partial charge on any atom is -0.453 e. The number of para-hydroxylation sites is 2. The summed E-state index contributed by atoms with van der Waals surface area (Å²) in [5.74, 6) is 1.72. The smallest absolute Gasteiger partial charge is 0.308 e. The summed E-state index contributed by atoms with van der Waals surface area (Å²) in [6.07, 6.45) is 2.01. The number of piperidine rings is 1. The summed E-state index contributed by atoms with van der Waals surface area (Å²) in [6, 6.07) is 14.0. The fourth-order valence-electron chi connectivity index (χ4n) is 3.83. The largest absolute Gasteiger partial charge is 0.453 e. The first-order valence-corrected chi connectivity index (χ1v) is 8.01. The highest BCUT2D eigenvalue weighted by Crippen LogP contribution is 2.54. The Bertz CT molecular complexity index is 763. The van der Waals surface area contributed by atoms with Crippen molar-refractivity contribution in [2.45, 2.75) is 25.2 Å². The molecular formula is C19H19NO3. The predicted octanol–water partition coefficient (Wildman–Crippen LogP) is 3.39. The zero-order valence-corrected chi connectivity index (χ0v) is 13.1. The molecule has 2 aliphatic rings. The van der Waals surface area contributed by atoms with E-state index in [1.165, 1.54) is 12.5 Å². The molecule has 0 unspecified atom stereocenters. The molecule has 4 rings (SSSR count). The van der Waals surface area contributed by atoms with Gasteiger partial charge in [-0.25, -0.2) is 0 Å². The molecule has 0 saturated carbocycles. The van der Waals surface area contributed by atoms with Crippen LogP contribution in [0.3, 0.4) is 0 Å². The summed E-state index contributed by atoms with van der Waals surface area (Å²) in [7, 11) is 0. The summed E-state index contributed by atoms with van der Waals surface area (Å²) in [6.45, 7) is 3.34. The van der Waals surface area contributed by atoms with Crippen LogP contribution in [0.4, 0.5) is 0 Å². The molecule has 0 atom stereocenters. The van der Waals surface area contributed by atoms with Gasteiger partial charge in [-0.15, -0.1) is 0 Å². The predicted molar refractivity (Wildman–Crippen MR) is 87.2 cm³/mol. The van der Waals surface area contributed by atoms with Crippen molar-refractivity contribution in [2.75, 3.05) is 13.1 Å². The van der Waals surface area contributed by atoms with E-state index in [0.29, 0.717) is 11.5 Å². The normalized spacial score (nSPS) is 17.8. The average molecular weight is 309 g/mol. The Morgan fingerprint density at radius 2 is 1.83 bits per heavy atom. The van der Waals surface area contributed by atoms with Gasteiger partial charge in [0.1, 0.15) is 5.75 Å². The van der Waals surface area contributed by atoms with Gasteiger partial charge in [-0.3, -0.25) is 4.79 Å². The van der Waals surface area contributed by atoms with Crippen LogP contribution in [0, 0.1) is 0 Å². The number of carbonyl (C=O) groups is 1. The van der Waals surface area contributed by atoms with E-state index in [-0.39, 0.29) is 11.4 Å². The van der Waals surface area contributed by atoms with Gasteiger partial charge in [-0.2, -0.15) is 0 Å². The van der Waals surface area contributed by atoms with Crippen molar-refractivity contribution in [3.8, 4) is 17.2 Å². The van der Waals surface area contributed by atoms with Crippen molar-refractivity contribution < 1.29 is 14.3 Å². The highest BCUT2D eigenvalue weighted by molar-refractivity contribution is 5.72. The maximum atomic E-state index is 11.4. The van der Waals surface area contributed by atoms with Gasteiger partial charge in [0.05, 0.1) is 0 Å². The van der Waals surface area contributed by atoms with Gasteiger partial charge in [0, 0.05) is 23.5 Å². The summed E-state index contributed by atoms with van der Waals surface area (Å²) >= 11 is 0. The molecule has 118 valence electrons. The number of rotatable bonds is 1. The van der Waals surface area contributed by atoms with Gasteiger partial charge in [0.2, 0.25) is 0 Å². The monoisotopic (exact) mass is 309 g/mol. The number of carbonyl (C=O) groups excluding carboxylic acids is 1. The maximum absolute atomic E-state index is 11.4. The van der Waals surface area contributed by atoms with Gasteiger partial charge in [0.25, 0.3) is 0 Å². The molecule has 2 aliphatic heterocycles. The summed E-state index contributed by atoms with van der Waals surface area (Å²) in [4.78, 5) is 11.4. The molecule has 2 heterocycles. The molecule has 2 aromatic carbocycles. The number of fused-ring (bicyclic) bond motifs is 4. The Balaban J connectivity index is 1.93. The fourth-order valence-corrected chi connectivity index (χ4v) is 3.83. The molecule has 2 aromatic rings. The molecular weight excluding hydrogens is 290 g/mol. The number of ether oxygens (including phenoxy) is 2. The van der Waals surface area contributed by atoms with Crippen LogP contribution in [0.1, 0.15) is 30.9 Å². The molecule has 1 fully saturated rings. The molecule has 4 nitrogen and oxygen atoms in total. The highest BCUT2D eigenvalue weighted by Gasteiger charge is 2.43. The third-order valence-corrected chi connectivity index (χ3v) is 4.82. The van der Waals surface area contributed by atoms with Crippen LogP contribution in [0.5, 0.6) is 17.2 Å². The Labute approximate surface area is 135 Å². The molecule has 0 radical (unpaired) electrons. The first-order valence-electron chi connectivity index (χ1n) is 8.01. The van der Waals surface area contributed by atoms with Crippen LogP contribution in [-0.2, 0) is 10.2 Å². The second-order valence-corrected chi connectivity index (χ2v) is 6.16. The SMILES string of the molecule is CC(=O)Oc1cccc2c1Oc1ccccc1C21CCNCC1. The van der Waals surface area contributed by atoms with Gasteiger partial charge < -0.3 is 14.8 Å². The van der Waals surface area contributed by atoms with Crippen LogP contribution in [-0.4, -0.2) is 19.1 Å². The molecule has 1 saturated heterocycles. The van der Waals surface area contributed by atoms with Gasteiger partial charge in [0.15, 0.2) is 11.5 Å². The van der Waals surface area contributed by atoms with E-state index in [2.05, 4.69) is 23.5 Å². The third kappa shape index (κ3) is 2.21.